The molecule has 3 unspecified atom stereocenters. The molecule has 4 heterocycles. The molecule has 12 nitrogen and oxygen atoms in total. The van der Waals surface area contributed by atoms with Crippen molar-refractivity contribution in [3.63, 3.8) is 0 Å². The van der Waals surface area contributed by atoms with Crippen molar-refractivity contribution in [3.05, 3.63) is 119 Å². The lowest BCUT2D eigenvalue weighted by Crippen LogP contribution is -2.25. The Morgan fingerprint density at radius 2 is 1.16 bits per heavy atom. The van der Waals surface area contributed by atoms with Gasteiger partial charge in [-0.1, -0.05) is 73.8 Å². The third-order valence-electron chi connectivity index (χ3n) is 8.12. The van der Waals surface area contributed by atoms with Crippen LogP contribution in [0.1, 0.15) is 58.4 Å². The SMILES string of the molecule is CCc1ccc(C(=O)COc2ccc(CC3SC(=O)NC3=O)cc2)nc1.CCc1ccc(C(O)COc2ccc(CC3SC(=O)NC3=O)cc2)nc1.ClCCl. The fourth-order valence-corrected chi connectivity index (χ4v) is 6.77. The molecule has 2 aliphatic rings. The van der Waals surface area contributed by atoms with E-state index < -0.39 is 11.4 Å². The number of carbonyl (C=O) groups excluding carboxylic acids is 5. The second-order valence-electron chi connectivity index (χ2n) is 12.0. The standard InChI is InChI=1S/C19H20N2O4S.C19H18N2O4S.CH2Cl2/c2*1-2-12-5-8-15(20-10-12)16(22)11-25-14-6-3-13(4-7-14)9-17-18(23)21-19(24)26-17;2-1-3/h3-8,10,16-17,22H,2,9,11H2,1H3,(H,21,23,24);3-8,10,17H,2,9,11H2,1H3,(H,21,23,24);1H2. The number of pyridine rings is 2. The maximum absolute atomic E-state index is 12.1. The molecule has 2 saturated heterocycles. The zero-order chi connectivity index (χ0) is 39.7. The van der Waals surface area contributed by atoms with Crippen LogP contribution in [0.4, 0.5) is 9.59 Å². The molecule has 4 aromatic rings. The molecule has 6 rings (SSSR count). The van der Waals surface area contributed by atoms with Crippen LogP contribution < -0.4 is 20.1 Å². The van der Waals surface area contributed by atoms with E-state index >= 15 is 0 Å². The minimum atomic E-state index is -0.801. The van der Waals surface area contributed by atoms with Crippen LogP contribution in [0.25, 0.3) is 0 Å². The van der Waals surface area contributed by atoms with Crippen molar-refractivity contribution in [2.75, 3.05) is 18.6 Å². The van der Waals surface area contributed by atoms with Gasteiger partial charge in [0.05, 0.1) is 21.5 Å². The molecular formula is C39H40Cl2N4O8S2. The smallest absolute Gasteiger partial charge is 0.286 e. The summed E-state index contributed by atoms with van der Waals surface area (Å²) in [6, 6.07) is 21.8. The molecule has 0 saturated carbocycles. The van der Waals surface area contributed by atoms with Crippen LogP contribution in [0.2, 0.25) is 0 Å². The van der Waals surface area contributed by atoms with E-state index in [2.05, 4.69) is 27.5 Å². The molecule has 4 amide bonds. The van der Waals surface area contributed by atoms with E-state index in [-0.39, 0.29) is 51.9 Å². The van der Waals surface area contributed by atoms with Gasteiger partial charge in [-0.25, -0.2) is 0 Å². The van der Waals surface area contributed by atoms with Crippen LogP contribution in [0, 0.1) is 0 Å². The number of nitrogens with one attached hydrogen (secondary N) is 2. The third-order valence-corrected chi connectivity index (χ3v) is 10.1. The number of Topliss-reactive ketones (excluding diaryl/α,β-unsaturated/α-hetero) is 1. The lowest BCUT2D eigenvalue weighted by Gasteiger charge is -2.13. The molecule has 3 atom stereocenters. The number of rotatable bonds is 14. The Labute approximate surface area is 337 Å². The van der Waals surface area contributed by atoms with Gasteiger partial charge in [-0.3, -0.25) is 44.6 Å². The Morgan fingerprint density at radius 3 is 1.56 bits per heavy atom. The van der Waals surface area contributed by atoms with Gasteiger partial charge in [-0.2, -0.15) is 0 Å². The maximum Gasteiger partial charge on any atom is 0.286 e. The molecule has 2 aromatic carbocycles. The van der Waals surface area contributed by atoms with Crippen molar-refractivity contribution >= 4 is 74.8 Å². The van der Waals surface area contributed by atoms with Gasteiger partial charge in [0.2, 0.25) is 17.6 Å². The number of aromatic nitrogens is 2. The summed E-state index contributed by atoms with van der Waals surface area (Å²) >= 11 is 11.5. The predicted octanol–water partition coefficient (Wildman–Crippen LogP) is 6.87. The maximum atomic E-state index is 12.1. The van der Waals surface area contributed by atoms with Crippen LogP contribution in [-0.2, 0) is 35.3 Å². The lowest BCUT2D eigenvalue weighted by atomic mass is 10.1. The number of hydrogen-bond donors (Lipinski definition) is 3. The van der Waals surface area contributed by atoms with E-state index in [4.69, 9.17) is 32.7 Å². The number of aliphatic hydroxyl groups excluding tert-OH is 1. The third kappa shape index (κ3) is 14.0. The van der Waals surface area contributed by atoms with Gasteiger partial charge in [-0.15, -0.1) is 23.2 Å². The molecule has 0 radical (unpaired) electrons. The highest BCUT2D eigenvalue weighted by Crippen LogP contribution is 2.25. The summed E-state index contributed by atoms with van der Waals surface area (Å²) in [6.45, 7) is 4.09. The lowest BCUT2D eigenvalue weighted by molar-refractivity contribution is -0.119. The number of carbonyl (C=O) groups is 5. The van der Waals surface area contributed by atoms with E-state index in [0.29, 0.717) is 35.7 Å². The van der Waals surface area contributed by atoms with Gasteiger partial charge in [0.15, 0.2) is 6.61 Å². The van der Waals surface area contributed by atoms with Crippen molar-refractivity contribution < 1.29 is 38.6 Å². The summed E-state index contributed by atoms with van der Waals surface area (Å²) in [7, 11) is 0. The van der Waals surface area contributed by atoms with Gasteiger partial charge in [0.1, 0.15) is 29.9 Å². The van der Waals surface area contributed by atoms with Crippen molar-refractivity contribution in [2.24, 2.45) is 0 Å². The van der Waals surface area contributed by atoms with Gasteiger partial charge < -0.3 is 14.6 Å². The van der Waals surface area contributed by atoms with Gasteiger partial charge in [-0.05, 0) is 84.3 Å². The molecule has 2 fully saturated rings. The van der Waals surface area contributed by atoms with Crippen molar-refractivity contribution in [1.29, 1.82) is 0 Å². The number of halogens is 2. The van der Waals surface area contributed by atoms with E-state index in [1.807, 2.05) is 49.4 Å². The van der Waals surface area contributed by atoms with E-state index in [1.54, 1.807) is 42.7 Å². The first-order chi connectivity index (χ1) is 26.5. The molecule has 0 spiro atoms. The fraction of sp³-hybridized carbons (Fsp3) is 0.308. The second kappa shape index (κ2) is 22.2. The minimum absolute atomic E-state index is 0.0901. The van der Waals surface area contributed by atoms with E-state index in [0.717, 1.165) is 58.6 Å². The molecule has 0 bridgehead atoms. The number of aliphatic hydroxyl groups is 1. The summed E-state index contributed by atoms with van der Waals surface area (Å²) in [5.74, 6) is 0.497. The summed E-state index contributed by atoms with van der Waals surface area (Å²) in [5.41, 5.74) is 5.02. The van der Waals surface area contributed by atoms with Gasteiger partial charge in [0.25, 0.3) is 10.5 Å². The monoisotopic (exact) mass is 826 g/mol. The van der Waals surface area contributed by atoms with E-state index in [1.165, 1.54) is 0 Å². The fourth-order valence-electron chi connectivity index (χ4n) is 5.05. The quantitative estimate of drug-likeness (QED) is 0.0891. The average Bonchev–Trinajstić information content (AvgIpc) is 3.70. The predicted molar refractivity (Wildman–Crippen MR) is 214 cm³/mol. The zero-order valence-corrected chi connectivity index (χ0v) is 33.2. The van der Waals surface area contributed by atoms with Gasteiger partial charge >= 0.3 is 0 Å². The number of benzene rings is 2. The normalized spacial score (nSPS) is 16.5. The molecule has 290 valence electrons. The average molecular weight is 828 g/mol. The number of ketones is 1. The number of hydrogen-bond acceptors (Lipinski definition) is 12. The first-order valence-corrected chi connectivity index (χ1v) is 20.0. The van der Waals surface area contributed by atoms with Gasteiger partial charge in [0, 0.05) is 12.4 Å². The van der Waals surface area contributed by atoms with Crippen LogP contribution in [0.5, 0.6) is 11.5 Å². The highest BCUT2D eigenvalue weighted by molar-refractivity contribution is 8.15. The minimum Gasteiger partial charge on any atom is -0.490 e. The number of aryl methyl sites for hydroxylation is 2. The van der Waals surface area contributed by atoms with Crippen LogP contribution >= 0.6 is 46.7 Å². The first kappa shape index (κ1) is 43.3. The molecule has 3 N–H and O–H groups in total. The first-order valence-electron chi connectivity index (χ1n) is 17.2. The number of thioether (sulfide) groups is 2. The number of ether oxygens (including phenoxy) is 2. The Morgan fingerprint density at radius 1 is 0.709 bits per heavy atom. The molecule has 2 aromatic heterocycles. The largest absolute Gasteiger partial charge is 0.490 e. The number of imide groups is 2. The summed E-state index contributed by atoms with van der Waals surface area (Å²) in [5, 5.41) is 13.5. The number of nitrogens with zero attached hydrogens (tertiary/aromatic N) is 2. The van der Waals surface area contributed by atoms with Crippen LogP contribution in [0.3, 0.4) is 0 Å². The second-order valence-corrected chi connectivity index (χ2v) is 15.1. The van der Waals surface area contributed by atoms with Crippen molar-refractivity contribution in [3.8, 4) is 11.5 Å². The van der Waals surface area contributed by atoms with Crippen molar-refractivity contribution in [2.45, 2.75) is 56.1 Å². The number of alkyl halides is 2. The Bertz CT molecular complexity index is 1900. The highest BCUT2D eigenvalue weighted by Gasteiger charge is 2.32. The molecule has 2 aliphatic heterocycles. The summed E-state index contributed by atoms with van der Waals surface area (Å²) in [6.07, 6.45) is 5.39. The Balaban J connectivity index is 0.000000228. The summed E-state index contributed by atoms with van der Waals surface area (Å²) in [4.78, 5) is 66.1. The topological polar surface area (TPSA) is 174 Å². The van der Waals surface area contributed by atoms with Crippen LogP contribution in [0.15, 0.2) is 85.2 Å². The molecule has 0 aliphatic carbocycles. The molecule has 16 heteroatoms. The van der Waals surface area contributed by atoms with Crippen LogP contribution in [-0.4, -0.2) is 72.2 Å². The van der Waals surface area contributed by atoms with E-state index in [9.17, 15) is 29.1 Å². The summed E-state index contributed by atoms with van der Waals surface area (Å²) < 4.78 is 11.1. The molecule has 55 heavy (non-hydrogen) atoms. The molecular weight excluding hydrogens is 787 g/mol. The number of amides is 4. The Hall–Kier alpha value is -4.47. The zero-order valence-electron chi connectivity index (χ0n) is 30.0. The highest BCUT2D eigenvalue weighted by atomic mass is 35.5. The van der Waals surface area contributed by atoms with Crippen molar-refractivity contribution in [1.82, 2.24) is 20.6 Å². The Kier molecular flexibility index (Phi) is 17.4.